The molecule has 9 heteroatoms. The van der Waals surface area contributed by atoms with Gasteiger partial charge in [-0.15, -0.1) is 0 Å². The van der Waals surface area contributed by atoms with Crippen molar-refractivity contribution in [2.24, 2.45) is 0 Å². The maximum absolute atomic E-state index is 13.2. The summed E-state index contributed by atoms with van der Waals surface area (Å²) < 4.78 is 1.54. The van der Waals surface area contributed by atoms with Gasteiger partial charge in [0.05, 0.1) is 10.6 Å². The number of unbranched alkanes of at least 4 members (excludes halogenated alkanes) is 1. The van der Waals surface area contributed by atoms with Crippen LogP contribution in [0.4, 0.5) is 0 Å². The molecule has 0 unspecified atom stereocenters. The summed E-state index contributed by atoms with van der Waals surface area (Å²) in [5, 5.41) is 0.401. The van der Waals surface area contributed by atoms with Crippen molar-refractivity contribution in [3.63, 3.8) is 0 Å². The zero-order valence-electron chi connectivity index (χ0n) is 17.8. The second-order valence-electron chi connectivity index (χ2n) is 7.68. The molecule has 0 N–H and O–H groups in total. The van der Waals surface area contributed by atoms with Crippen LogP contribution in [0.15, 0.2) is 47.4 Å². The number of carbonyl (C=O) groups excluding carboxylic acids is 2. The molecular formula is C23H24ClN5O3. The van der Waals surface area contributed by atoms with E-state index in [9.17, 15) is 14.4 Å². The molecule has 0 spiro atoms. The first kappa shape index (κ1) is 22.0. The minimum absolute atomic E-state index is 0.104. The van der Waals surface area contributed by atoms with Gasteiger partial charge in [0.1, 0.15) is 5.52 Å². The van der Waals surface area contributed by atoms with E-state index in [2.05, 4.69) is 9.97 Å². The van der Waals surface area contributed by atoms with Crippen molar-refractivity contribution in [3.05, 3.63) is 69.2 Å². The summed E-state index contributed by atoms with van der Waals surface area (Å²) in [4.78, 5) is 51.0. The molecule has 1 saturated heterocycles. The lowest BCUT2D eigenvalue weighted by Gasteiger charge is -2.34. The Kier molecular flexibility index (Phi) is 6.50. The number of hydrogen-bond acceptors (Lipinski definition) is 5. The molecule has 1 aliphatic heterocycles. The maximum atomic E-state index is 13.2. The van der Waals surface area contributed by atoms with Gasteiger partial charge in [-0.25, -0.2) is 9.97 Å². The molecule has 166 valence electrons. The zero-order chi connectivity index (χ0) is 22.7. The van der Waals surface area contributed by atoms with Crippen LogP contribution in [0.25, 0.3) is 11.2 Å². The number of fused-ring (bicyclic) bond motifs is 1. The fraction of sp³-hybridized carbons (Fsp3) is 0.348. The van der Waals surface area contributed by atoms with Crippen LogP contribution in [-0.4, -0.2) is 62.3 Å². The number of hydrogen-bond donors (Lipinski definition) is 0. The molecular weight excluding hydrogens is 430 g/mol. The van der Waals surface area contributed by atoms with Crippen molar-refractivity contribution in [2.75, 3.05) is 26.2 Å². The summed E-state index contributed by atoms with van der Waals surface area (Å²) in [5.74, 6) is -0.588. The van der Waals surface area contributed by atoms with Crippen molar-refractivity contribution < 1.29 is 9.59 Å². The van der Waals surface area contributed by atoms with Gasteiger partial charge >= 0.3 is 0 Å². The van der Waals surface area contributed by atoms with Crippen LogP contribution in [0.1, 0.15) is 40.6 Å². The van der Waals surface area contributed by atoms with Gasteiger partial charge in [0.15, 0.2) is 11.3 Å². The smallest absolute Gasteiger partial charge is 0.283 e. The predicted octanol–water partition coefficient (Wildman–Crippen LogP) is 2.84. The second-order valence-corrected chi connectivity index (χ2v) is 8.09. The molecule has 2 amide bonds. The number of pyridine rings is 1. The first-order valence-corrected chi connectivity index (χ1v) is 11.1. The third-order valence-electron chi connectivity index (χ3n) is 5.60. The normalized spacial score (nSPS) is 14.1. The molecule has 1 fully saturated rings. The first-order valence-electron chi connectivity index (χ1n) is 10.7. The molecule has 4 rings (SSSR count). The third kappa shape index (κ3) is 4.23. The van der Waals surface area contributed by atoms with E-state index in [0.717, 1.165) is 12.8 Å². The number of aromatic nitrogens is 3. The molecule has 0 aliphatic carbocycles. The van der Waals surface area contributed by atoms with Gasteiger partial charge < -0.3 is 9.80 Å². The average molecular weight is 454 g/mol. The Morgan fingerprint density at radius 2 is 1.69 bits per heavy atom. The average Bonchev–Trinajstić information content (AvgIpc) is 2.83. The van der Waals surface area contributed by atoms with E-state index >= 15 is 0 Å². The lowest BCUT2D eigenvalue weighted by atomic mass is 10.1. The zero-order valence-corrected chi connectivity index (χ0v) is 18.6. The maximum Gasteiger partial charge on any atom is 0.283 e. The van der Waals surface area contributed by atoms with Crippen molar-refractivity contribution in [1.29, 1.82) is 0 Å². The fourth-order valence-corrected chi connectivity index (χ4v) is 4.02. The molecule has 8 nitrogen and oxygen atoms in total. The Hall–Kier alpha value is -3.26. The summed E-state index contributed by atoms with van der Waals surface area (Å²) in [7, 11) is 0. The van der Waals surface area contributed by atoms with E-state index in [1.54, 1.807) is 52.4 Å². The van der Waals surface area contributed by atoms with E-state index in [0.29, 0.717) is 54.5 Å². The van der Waals surface area contributed by atoms with Crippen LogP contribution < -0.4 is 5.56 Å². The number of aryl methyl sites for hydroxylation is 1. The van der Waals surface area contributed by atoms with Crippen LogP contribution in [0.3, 0.4) is 0 Å². The van der Waals surface area contributed by atoms with Crippen LogP contribution in [0.2, 0.25) is 5.02 Å². The van der Waals surface area contributed by atoms with Crippen molar-refractivity contribution in [2.45, 2.75) is 26.3 Å². The highest BCUT2D eigenvalue weighted by atomic mass is 35.5. The lowest BCUT2D eigenvalue weighted by molar-refractivity contribution is 0.0531. The summed E-state index contributed by atoms with van der Waals surface area (Å²) in [6.07, 6.45) is 3.32. The molecule has 0 saturated carbocycles. The second kappa shape index (κ2) is 9.48. The molecule has 0 atom stereocenters. The summed E-state index contributed by atoms with van der Waals surface area (Å²) in [6.45, 7) is 3.86. The molecule has 0 radical (unpaired) electrons. The van der Waals surface area contributed by atoms with E-state index in [1.165, 1.54) is 4.57 Å². The molecule has 2 aromatic heterocycles. The minimum Gasteiger partial charge on any atom is -0.335 e. The fourth-order valence-electron chi connectivity index (χ4n) is 3.81. The van der Waals surface area contributed by atoms with E-state index in [-0.39, 0.29) is 11.6 Å². The van der Waals surface area contributed by atoms with Gasteiger partial charge in [-0.2, -0.15) is 0 Å². The quantitative estimate of drug-likeness (QED) is 0.592. The Morgan fingerprint density at radius 1 is 1.00 bits per heavy atom. The predicted molar refractivity (Wildman–Crippen MR) is 122 cm³/mol. The Morgan fingerprint density at radius 3 is 2.38 bits per heavy atom. The third-order valence-corrected chi connectivity index (χ3v) is 5.93. The van der Waals surface area contributed by atoms with E-state index in [1.807, 2.05) is 6.92 Å². The minimum atomic E-state index is -0.427. The van der Waals surface area contributed by atoms with Crippen molar-refractivity contribution in [3.8, 4) is 0 Å². The molecule has 1 aromatic carbocycles. The van der Waals surface area contributed by atoms with Gasteiger partial charge in [0, 0.05) is 38.9 Å². The van der Waals surface area contributed by atoms with Crippen molar-refractivity contribution >= 4 is 34.6 Å². The number of rotatable bonds is 5. The van der Waals surface area contributed by atoms with Crippen LogP contribution in [-0.2, 0) is 6.54 Å². The van der Waals surface area contributed by atoms with Gasteiger partial charge in [-0.1, -0.05) is 37.1 Å². The number of amides is 2. The van der Waals surface area contributed by atoms with E-state index in [4.69, 9.17) is 11.6 Å². The highest BCUT2D eigenvalue weighted by Gasteiger charge is 2.29. The number of carbonyl (C=O) groups is 2. The summed E-state index contributed by atoms with van der Waals surface area (Å²) in [6, 6.07) is 10.4. The lowest BCUT2D eigenvalue weighted by Crippen LogP contribution is -2.51. The standard InChI is InChI=1S/C23H24ClN5O3/c1-2-3-11-29-20-18(9-6-10-25-20)26-19(23(29)32)22(31)28-14-12-27(13-15-28)21(30)16-7-4-5-8-17(16)24/h4-10H,2-3,11-15H2,1H3. The monoisotopic (exact) mass is 453 g/mol. The number of piperazine rings is 1. The summed E-state index contributed by atoms with van der Waals surface area (Å²) in [5.41, 5.74) is 0.907. The van der Waals surface area contributed by atoms with E-state index < -0.39 is 11.5 Å². The number of halogens is 1. The Labute approximate surface area is 190 Å². The first-order chi connectivity index (χ1) is 15.5. The SMILES string of the molecule is CCCCn1c(=O)c(C(=O)N2CCN(C(=O)c3ccccc3Cl)CC2)nc2cccnc21. The largest absolute Gasteiger partial charge is 0.335 e. The van der Waals surface area contributed by atoms with Crippen LogP contribution >= 0.6 is 11.6 Å². The van der Waals surface area contributed by atoms with Gasteiger partial charge in [0.25, 0.3) is 17.4 Å². The number of benzene rings is 1. The topological polar surface area (TPSA) is 88.4 Å². The van der Waals surface area contributed by atoms with Gasteiger partial charge in [0.2, 0.25) is 0 Å². The molecule has 1 aliphatic rings. The Balaban J connectivity index is 1.54. The molecule has 0 bridgehead atoms. The molecule has 3 heterocycles. The van der Waals surface area contributed by atoms with Gasteiger partial charge in [-0.3, -0.25) is 19.0 Å². The highest BCUT2D eigenvalue weighted by Crippen LogP contribution is 2.18. The Bertz CT molecular complexity index is 1220. The highest BCUT2D eigenvalue weighted by molar-refractivity contribution is 6.33. The molecule has 3 aromatic rings. The van der Waals surface area contributed by atoms with Crippen molar-refractivity contribution in [1.82, 2.24) is 24.3 Å². The number of nitrogens with zero attached hydrogens (tertiary/aromatic N) is 5. The molecule has 32 heavy (non-hydrogen) atoms. The van der Waals surface area contributed by atoms with Crippen LogP contribution in [0, 0.1) is 0 Å². The van der Waals surface area contributed by atoms with Crippen LogP contribution in [0.5, 0.6) is 0 Å². The summed E-state index contributed by atoms with van der Waals surface area (Å²) >= 11 is 6.15. The van der Waals surface area contributed by atoms with Gasteiger partial charge in [-0.05, 0) is 30.7 Å².